The van der Waals surface area contributed by atoms with Crippen LogP contribution in [0.2, 0.25) is 0 Å². The van der Waals surface area contributed by atoms with E-state index >= 15 is 0 Å². The van der Waals surface area contributed by atoms with E-state index in [-0.39, 0.29) is 0 Å². The first kappa shape index (κ1) is 11.4. The van der Waals surface area contributed by atoms with Crippen LogP contribution in [0.25, 0.3) is 0 Å². The topological polar surface area (TPSA) is 15.3 Å². The number of hydrogen-bond acceptors (Lipinski definition) is 2. The van der Waals surface area contributed by atoms with Crippen molar-refractivity contribution < 1.29 is 0 Å². The van der Waals surface area contributed by atoms with Gasteiger partial charge in [-0.1, -0.05) is 20.8 Å². The van der Waals surface area contributed by atoms with Gasteiger partial charge in [-0.2, -0.15) is 0 Å². The summed E-state index contributed by atoms with van der Waals surface area (Å²) in [5.41, 5.74) is 0. The zero-order valence-electron chi connectivity index (χ0n) is 10.5. The standard InChI is InChI=1S/C13H26N2/c1-10-4-5-15(8-11(10)2)9-12(3)13-6-14-7-13/h10-14H,4-9H2,1-3H3. The van der Waals surface area contributed by atoms with Gasteiger partial charge in [0.2, 0.25) is 0 Å². The van der Waals surface area contributed by atoms with E-state index in [1.54, 1.807) is 0 Å². The molecular formula is C13H26N2. The number of nitrogens with zero attached hydrogens (tertiary/aromatic N) is 1. The van der Waals surface area contributed by atoms with Crippen LogP contribution in [0.3, 0.4) is 0 Å². The monoisotopic (exact) mass is 210 g/mol. The van der Waals surface area contributed by atoms with Crippen molar-refractivity contribution in [1.29, 1.82) is 0 Å². The molecule has 2 aliphatic rings. The number of rotatable bonds is 3. The summed E-state index contributed by atoms with van der Waals surface area (Å²) in [4.78, 5) is 2.69. The minimum absolute atomic E-state index is 0.881. The molecule has 1 N–H and O–H groups in total. The third kappa shape index (κ3) is 2.73. The van der Waals surface area contributed by atoms with Crippen LogP contribution in [0.5, 0.6) is 0 Å². The van der Waals surface area contributed by atoms with Crippen LogP contribution in [0, 0.1) is 23.7 Å². The molecule has 2 fully saturated rings. The Bertz CT molecular complexity index is 201. The van der Waals surface area contributed by atoms with Gasteiger partial charge in [-0.3, -0.25) is 0 Å². The summed E-state index contributed by atoms with van der Waals surface area (Å²) in [5.74, 6) is 3.65. The van der Waals surface area contributed by atoms with Gasteiger partial charge in [0, 0.05) is 13.1 Å². The van der Waals surface area contributed by atoms with E-state index in [0.29, 0.717) is 0 Å². The van der Waals surface area contributed by atoms with Gasteiger partial charge in [0.15, 0.2) is 0 Å². The largest absolute Gasteiger partial charge is 0.316 e. The normalized spacial score (nSPS) is 36.2. The van der Waals surface area contributed by atoms with Gasteiger partial charge in [0.05, 0.1) is 0 Å². The fraction of sp³-hybridized carbons (Fsp3) is 1.00. The molecule has 2 saturated heterocycles. The molecule has 0 aromatic heterocycles. The molecule has 0 saturated carbocycles. The van der Waals surface area contributed by atoms with Crippen molar-refractivity contribution in [2.24, 2.45) is 23.7 Å². The summed E-state index contributed by atoms with van der Waals surface area (Å²) in [6, 6.07) is 0. The lowest BCUT2D eigenvalue weighted by molar-refractivity contribution is 0.0996. The van der Waals surface area contributed by atoms with Crippen LogP contribution in [0.15, 0.2) is 0 Å². The highest BCUT2D eigenvalue weighted by Gasteiger charge is 2.28. The second-order valence-corrected chi connectivity index (χ2v) is 5.90. The molecule has 0 bridgehead atoms. The van der Waals surface area contributed by atoms with Crippen molar-refractivity contribution in [3.05, 3.63) is 0 Å². The minimum Gasteiger partial charge on any atom is -0.316 e. The lowest BCUT2D eigenvalue weighted by Crippen LogP contribution is -2.49. The highest BCUT2D eigenvalue weighted by Crippen LogP contribution is 2.25. The predicted molar refractivity (Wildman–Crippen MR) is 64.9 cm³/mol. The molecule has 3 unspecified atom stereocenters. The van der Waals surface area contributed by atoms with Crippen molar-refractivity contribution >= 4 is 0 Å². The summed E-state index contributed by atoms with van der Waals surface area (Å²) in [6.07, 6.45) is 1.40. The van der Waals surface area contributed by atoms with Gasteiger partial charge in [0.1, 0.15) is 0 Å². The van der Waals surface area contributed by atoms with E-state index in [1.165, 1.54) is 39.1 Å². The molecule has 2 rings (SSSR count). The van der Waals surface area contributed by atoms with E-state index in [1.807, 2.05) is 0 Å². The molecule has 2 aliphatic heterocycles. The summed E-state index contributed by atoms with van der Waals surface area (Å²) in [6.45, 7) is 13.7. The molecule has 15 heavy (non-hydrogen) atoms. The molecule has 0 aliphatic carbocycles. The van der Waals surface area contributed by atoms with Crippen molar-refractivity contribution in [3.63, 3.8) is 0 Å². The summed E-state index contributed by atoms with van der Waals surface area (Å²) in [7, 11) is 0. The lowest BCUT2D eigenvalue weighted by Gasteiger charge is -2.40. The summed E-state index contributed by atoms with van der Waals surface area (Å²) in [5, 5.41) is 3.38. The van der Waals surface area contributed by atoms with Crippen LogP contribution in [0.4, 0.5) is 0 Å². The second kappa shape index (κ2) is 4.84. The fourth-order valence-electron chi connectivity index (χ4n) is 2.78. The van der Waals surface area contributed by atoms with E-state index in [0.717, 1.165) is 23.7 Å². The van der Waals surface area contributed by atoms with Gasteiger partial charge in [0.25, 0.3) is 0 Å². The third-order valence-electron chi connectivity index (χ3n) is 4.58. The first-order valence-corrected chi connectivity index (χ1v) is 6.60. The number of nitrogens with one attached hydrogen (secondary N) is 1. The average Bonchev–Trinajstić information content (AvgIpc) is 2.08. The average molecular weight is 210 g/mol. The van der Waals surface area contributed by atoms with Gasteiger partial charge in [-0.05, 0) is 49.7 Å². The number of piperidine rings is 1. The quantitative estimate of drug-likeness (QED) is 0.764. The van der Waals surface area contributed by atoms with Crippen molar-refractivity contribution in [2.45, 2.75) is 27.2 Å². The van der Waals surface area contributed by atoms with E-state index < -0.39 is 0 Å². The molecule has 0 aromatic carbocycles. The Hall–Kier alpha value is -0.0800. The number of hydrogen-bond donors (Lipinski definition) is 1. The number of likely N-dealkylation sites (tertiary alicyclic amines) is 1. The molecule has 88 valence electrons. The Morgan fingerprint density at radius 2 is 2.00 bits per heavy atom. The van der Waals surface area contributed by atoms with Crippen molar-refractivity contribution in [2.75, 3.05) is 32.7 Å². The fourth-order valence-corrected chi connectivity index (χ4v) is 2.78. The minimum atomic E-state index is 0.881. The van der Waals surface area contributed by atoms with Gasteiger partial charge in [-0.15, -0.1) is 0 Å². The lowest BCUT2D eigenvalue weighted by atomic mass is 9.85. The molecule has 0 amide bonds. The van der Waals surface area contributed by atoms with Crippen molar-refractivity contribution in [3.8, 4) is 0 Å². The molecule has 2 heterocycles. The zero-order valence-corrected chi connectivity index (χ0v) is 10.5. The Morgan fingerprint density at radius 3 is 2.53 bits per heavy atom. The van der Waals surface area contributed by atoms with Crippen LogP contribution >= 0.6 is 0 Å². The highest BCUT2D eigenvalue weighted by molar-refractivity contribution is 4.83. The zero-order chi connectivity index (χ0) is 10.8. The summed E-state index contributed by atoms with van der Waals surface area (Å²) < 4.78 is 0. The SMILES string of the molecule is CC1CCN(CC(C)C2CNC2)CC1C. The van der Waals surface area contributed by atoms with Gasteiger partial charge in [-0.25, -0.2) is 0 Å². The predicted octanol–water partition coefficient (Wildman–Crippen LogP) is 1.82. The molecular weight excluding hydrogens is 184 g/mol. The van der Waals surface area contributed by atoms with Crippen LogP contribution in [-0.4, -0.2) is 37.6 Å². The Balaban J connectivity index is 1.74. The van der Waals surface area contributed by atoms with Gasteiger partial charge < -0.3 is 10.2 Å². The Morgan fingerprint density at radius 1 is 1.27 bits per heavy atom. The highest BCUT2D eigenvalue weighted by atomic mass is 15.1. The Kier molecular flexibility index (Phi) is 3.68. The van der Waals surface area contributed by atoms with E-state index in [9.17, 15) is 0 Å². The maximum atomic E-state index is 3.38. The first-order chi connectivity index (χ1) is 7.16. The van der Waals surface area contributed by atoms with Gasteiger partial charge >= 0.3 is 0 Å². The van der Waals surface area contributed by atoms with Crippen LogP contribution < -0.4 is 5.32 Å². The van der Waals surface area contributed by atoms with Crippen LogP contribution in [-0.2, 0) is 0 Å². The maximum absolute atomic E-state index is 3.38. The third-order valence-corrected chi connectivity index (χ3v) is 4.58. The van der Waals surface area contributed by atoms with E-state index in [4.69, 9.17) is 0 Å². The van der Waals surface area contributed by atoms with E-state index in [2.05, 4.69) is 31.0 Å². The molecule has 2 heteroatoms. The molecule has 0 aromatic rings. The van der Waals surface area contributed by atoms with Crippen LogP contribution in [0.1, 0.15) is 27.2 Å². The first-order valence-electron chi connectivity index (χ1n) is 6.60. The maximum Gasteiger partial charge on any atom is 0.00107 e. The molecule has 0 spiro atoms. The second-order valence-electron chi connectivity index (χ2n) is 5.90. The Labute approximate surface area is 94.4 Å². The molecule has 3 atom stereocenters. The molecule has 2 nitrogen and oxygen atoms in total. The van der Waals surface area contributed by atoms with Crippen molar-refractivity contribution in [1.82, 2.24) is 10.2 Å². The molecule has 0 radical (unpaired) electrons. The summed E-state index contributed by atoms with van der Waals surface area (Å²) >= 11 is 0. The smallest absolute Gasteiger partial charge is 0.00107 e.